The number of benzene rings is 1. The lowest BCUT2D eigenvalue weighted by Gasteiger charge is -2.27. The number of carbonyl (C=O) groups is 1. The van der Waals surface area contributed by atoms with E-state index in [1.165, 1.54) is 5.56 Å². The molecule has 2 aromatic rings. The van der Waals surface area contributed by atoms with Gasteiger partial charge >= 0.3 is 0 Å². The lowest BCUT2D eigenvalue weighted by molar-refractivity contribution is 0.0735. The summed E-state index contributed by atoms with van der Waals surface area (Å²) in [6.07, 6.45) is 1.70. The van der Waals surface area contributed by atoms with Crippen molar-refractivity contribution in [2.45, 2.75) is 13.5 Å². The summed E-state index contributed by atoms with van der Waals surface area (Å²) in [5, 5.41) is 7.64. The van der Waals surface area contributed by atoms with Crippen molar-refractivity contribution < 1.29 is 4.79 Å². The average Bonchev–Trinajstić information content (AvgIpc) is 2.89. The van der Waals surface area contributed by atoms with Gasteiger partial charge in [0.25, 0.3) is 5.91 Å². The van der Waals surface area contributed by atoms with Crippen LogP contribution in [-0.4, -0.2) is 46.8 Å². The van der Waals surface area contributed by atoms with Gasteiger partial charge in [-0.1, -0.05) is 30.3 Å². The molecule has 118 valence electrons. The van der Waals surface area contributed by atoms with E-state index in [1.54, 1.807) is 6.20 Å². The first-order valence-electron chi connectivity index (χ1n) is 7.32. The van der Waals surface area contributed by atoms with Gasteiger partial charge in [0.1, 0.15) is 0 Å². The number of amides is 1. The quantitative estimate of drug-likeness (QED) is 0.936. The molecule has 0 aliphatic carbocycles. The molecule has 1 aromatic heterocycles. The molecule has 0 unspecified atom stereocenters. The number of halogens is 1. The second-order valence-electron chi connectivity index (χ2n) is 5.33. The second-order valence-corrected chi connectivity index (χ2v) is 5.33. The Bertz CT molecular complexity index is 620. The molecule has 1 amide bonds. The molecule has 0 atom stereocenters. The van der Waals surface area contributed by atoms with Crippen LogP contribution in [0.1, 0.15) is 21.6 Å². The molecule has 0 radical (unpaired) electrons. The smallest absolute Gasteiger partial charge is 0.257 e. The monoisotopic (exact) mass is 320 g/mol. The summed E-state index contributed by atoms with van der Waals surface area (Å²) in [5.74, 6) is 0.0910. The minimum absolute atomic E-state index is 0. The molecule has 0 bridgehead atoms. The molecule has 1 aromatic carbocycles. The van der Waals surface area contributed by atoms with E-state index in [0.29, 0.717) is 12.1 Å². The summed E-state index contributed by atoms with van der Waals surface area (Å²) < 4.78 is 1.89. The molecular formula is C16H21ClN4O. The maximum absolute atomic E-state index is 12.5. The van der Waals surface area contributed by atoms with E-state index < -0.39 is 0 Å². The Labute approximate surface area is 136 Å². The molecule has 0 saturated carbocycles. The predicted octanol–water partition coefficient (Wildman–Crippen LogP) is 1.71. The van der Waals surface area contributed by atoms with E-state index in [-0.39, 0.29) is 18.3 Å². The number of rotatable bonds is 3. The topological polar surface area (TPSA) is 50.2 Å². The van der Waals surface area contributed by atoms with Crippen molar-refractivity contribution in [1.29, 1.82) is 0 Å². The van der Waals surface area contributed by atoms with E-state index in [9.17, 15) is 4.79 Å². The Morgan fingerprint density at radius 1 is 1.23 bits per heavy atom. The predicted molar refractivity (Wildman–Crippen MR) is 88.5 cm³/mol. The van der Waals surface area contributed by atoms with Gasteiger partial charge in [0.05, 0.1) is 18.3 Å². The Balaban J connectivity index is 0.00000176. The number of nitrogens with zero attached hydrogens (tertiary/aromatic N) is 3. The second kappa shape index (κ2) is 7.42. The normalized spacial score (nSPS) is 14.5. The standard InChI is InChI=1S/C16H20N4O.ClH/c1-13-15(16(21)19-9-7-17-8-10-19)11-18-20(13)12-14-5-3-2-4-6-14;/h2-6,11,17H,7-10,12H2,1H3;1H. The third kappa shape index (κ3) is 3.48. The molecule has 1 fully saturated rings. The molecule has 1 saturated heterocycles. The first kappa shape index (κ1) is 16.5. The summed E-state index contributed by atoms with van der Waals surface area (Å²) in [4.78, 5) is 14.4. The van der Waals surface area contributed by atoms with Crippen LogP contribution in [0.15, 0.2) is 36.5 Å². The molecular weight excluding hydrogens is 300 g/mol. The van der Waals surface area contributed by atoms with Crippen LogP contribution in [-0.2, 0) is 6.54 Å². The van der Waals surface area contributed by atoms with Crippen LogP contribution in [0, 0.1) is 6.92 Å². The zero-order valence-electron chi connectivity index (χ0n) is 12.7. The first-order chi connectivity index (χ1) is 10.3. The third-order valence-electron chi connectivity index (χ3n) is 3.91. The van der Waals surface area contributed by atoms with Gasteiger partial charge in [-0.05, 0) is 12.5 Å². The van der Waals surface area contributed by atoms with Crippen molar-refractivity contribution in [1.82, 2.24) is 20.0 Å². The zero-order valence-corrected chi connectivity index (χ0v) is 13.5. The van der Waals surface area contributed by atoms with Crippen molar-refractivity contribution in [3.05, 3.63) is 53.3 Å². The van der Waals surface area contributed by atoms with Crippen LogP contribution in [0.3, 0.4) is 0 Å². The maximum Gasteiger partial charge on any atom is 0.257 e. The highest BCUT2D eigenvalue weighted by Crippen LogP contribution is 2.13. The van der Waals surface area contributed by atoms with Crippen molar-refractivity contribution >= 4 is 18.3 Å². The molecule has 22 heavy (non-hydrogen) atoms. The van der Waals surface area contributed by atoms with Gasteiger partial charge in [0.15, 0.2) is 0 Å². The van der Waals surface area contributed by atoms with Gasteiger partial charge in [-0.2, -0.15) is 5.10 Å². The Kier molecular flexibility index (Phi) is 5.57. The van der Waals surface area contributed by atoms with Crippen LogP contribution < -0.4 is 5.32 Å². The minimum atomic E-state index is 0. The van der Waals surface area contributed by atoms with Gasteiger partial charge < -0.3 is 10.2 Å². The summed E-state index contributed by atoms with van der Waals surface area (Å²) in [5.41, 5.74) is 2.83. The molecule has 5 nitrogen and oxygen atoms in total. The van der Waals surface area contributed by atoms with E-state index >= 15 is 0 Å². The van der Waals surface area contributed by atoms with E-state index in [4.69, 9.17) is 0 Å². The number of aromatic nitrogens is 2. The number of carbonyl (C=O) groups excluding carboxylic acids is 1. The van der Waals surface area contributed by atoms with Crippen molar-refractivity contribution in [2.75, 3.05) is 26.2 Å². The fraction of sp³-hybridized carbons (Fsp3) is 0.375. The van der Waals surface area contributed by atoms with Crippen LogP contribution in [0.2, 0.25) is 0 Å². The van der Waals surface area contributed by atoms with Gasteiger partial charge in [0, 0.05) is 31.9 Å². The lowest BCUT2D eigenvalue weighted by Crippen LogP contribution is -2.46. The maximum atomic E-state index is 12.5. The number of piperazine rings is 1. The average molecular weight is 321 g/mol. The van der Waals surface area contributed by atoms with Crippen molar-refractivity contribution in [2.24, 2.45) is 0 Å². The highest BCUT2D eigenvalue weighted by molar-refractivity contribution is 5.95. The number of hydrogen-bond acceptors (Lipinski definition) is 3. The van der Waals surface area contributed by atoms with Gasteiger partial charge in [0.2, 0.25) is 0 Å². The number of hydrogen-bond donors (Lipinski definition) is 1. The van der Waals surface area contributed by atoms with Crippen LogP contribution in [0.5, 0.6) is 0 Å². The molecule has 1 aliphatic heterocycles. The van der Waals surface area contributed by atoms with Crippen LogP contribution >= 0.6 is 12.4 Å². The highest BCUT2D eigenvalue weighted by atomic mass is 35.5. The molecule has 3 rings (SSSR count). The van der Waals surface area contributed by atoms with Gasteiger partial charge in [-0.15, -0.1) is 12.4 Å². The van der Waals surface area contributed by atoms with Gasteiger partial charge in [-0.3, -0.25) is 9.48 Å². The Morgan fingerprint density at radius 3 is 2.59 bits per heavy atom. The fourth-order valence-electron chi connectivity index (χ4n) is 2.61. The molecule has 1 N–H and O–H groups in total. The summed E-state index contributed by atoms with van der Waals surface area (Å²) >= 11 is 0. The third-order valence-corrected chi connectivity index (χ3v) is 3.91. The van der Waals surface area contributed by atoms with E-state index in [2.05, 4.69) is 22.5 Å². The minimum Gasteiger partial charge on any atom is -0.336 e. The lowest BCUT2D eigenvalue weighted by atomic mass is 10.2. The molecule has 2 heterocycles. The fourth-order valence-corrected chi connectivity index (χ4v) is 2.61. The summed E-state index contributed by atoms with van der Waals surface area (Å²) in [6, 6.07) is 10.2. The van der Waals surface area contributed by atoms with Crippen molar-refractivity contribution in [3.8, 4) is 0 Å². The van der Waals surface area contributed by atoms with Crippen LogP contribution in [0.4, 0.5) is 0 Å². The molecule has 6 heteroatoms. The Morgan fingerprint density at radius 2 is 1.91 bits per heavy atom. The van der Waals surface area contributed by atoms with Crippen molar-refractivity contribution in [3.63, 3.8) is 0 Å². The van der Waals surface area contributed by atoms with Gasteiger partial charge in [-0.25, -0.2) is 0 Å². The largest absolute Gasteiger partial charge is 0.336 e. The zero-order chi connectivity index (χ0) is 14.7. The molecule has 1 aliphatic rings. The first-order valence-corrected chi connectivity index (χ1v) is 7.32. The number of nitrogens with one attached hydrogen (secondary N) is 1. The van der Waals surface area contributed by atoms with E-state index in [1.807, 2.05) is 34.7 Å². The Hall–Kier alpha value is -1.85. The summed E-state index contributed by atoms with van der Waals surface area (Å²) in [7, 11) is 0. The van der Waals surface area contributed by atoms with E-state index in [0.717, 1.165) is 31.9 Å². The summed E-state index contributed by atoms with van der Waals surface area (Å²) in [6.45, 7) is 5.92. The highest BCUT2D eigenvalue weighted by Gasteiger charge is 2.21. The SMILES string of the molecule is Cc1c(C(=O)N2CCNCC2)cnn1Cc1ccccc1.Cl. The molecule has 0 spiro atoms. The van der Waals surface area contributed by atoms with Crippen LogP contribution in [0.25, 0.3) is 0 Å².